The Morgan fingerprint density at radius 1 is 1.14 bits per heavy atom. The van der Waals surface area contributed by atoms with E-state index in [4.69, 9.17) is 10.5 Å². The van der Waals surface area contributed by atoms with Crippen molar-refractivity contribution in [2.24, 2.45) is 0 Å². The van der Waals surface area contributed by atoms with Gasteiger partial charge in [0.1, 0.15) is 5.75 Å². The number of nitrogen functional groups attached to an aromatic ring is 1. The number of ether oxygens (including phenoxy) is 1. The number of halogens is 1. The lowest BCUT2D eigenvalue weighted by atomic mass is 10.3. The number of hydrogen-bond acceptors (Lipinski definition) is 4. The Kier molecular flexibility index (Phi) is 3.62. The molecule has 0 saturated carbocycles. The van der Waals surface area contributed by atoms with Gasteiger partial charge in [-0.2, -0.15) is 0 Å². The van der Waals surface area contributed by atoms with Crippen LogP contribution in [0.2, 0.25) is 0 Å². The molecule has 2 N–H and O–H groups in total. The van der Waals surface area contributed by atoms with Crippen LogP contribution in [-0.2, 0) is 10.0 Å². The first kappa shape index (κ1) is 14.9. The lowest BCUT2D eigenvalue weighted by Crippen LogP contribution is -2.12. The second-order valence-electron chi connectivity index (χ2n) is 4.72. The molecule has 0 spiro atoms. The van der Waals surface area contributed by atoms with Gasteiger partial charge in [-0.1, -0.05) is 15.9 Å². The van der Waals surface area contributed by atoms with Crippen molar-refractivity contribution >= 4 is 42.5 Å². The van der Waals surface area contributed by atoms with Crippen LogP contribution in [0.25, 0.3) is 10.9 Å². The molecule has 3 aromatic rings. The van der Waals surface area contributed by atoms with Crippen LogP contribution < -0.4 is 10.5 Å². The molecule has 0 atom stereocenters. The standard InChI is InChI=1S/C15H13BrN2O3S/c1-21-15-5-3-12(9-13(15)17)22(19,20)18-7-6-10-8-11(16)2-4-14(10)18/h2-9H,17H2,1H3. The highest BCUT2D eigenvalue weighted by Crippen LogP contribution is 2.28. The van der Waals surface area contributed by atoms with E-state index >= 15 is 0 Å². The van der Waals surface area contributed by atoms with E-state index in [0.717, 1.165) is 9.86 Å². The summed E-state index contributed by atoms with van der Waals surface area (Å²) in [5.41, 5.74) is 6.70. The lowest BCUT2D eigenvalue weighted by molar-refractivity contribution is 0.416. The predicted molar refractivity (Wildman–Crippen MR) is 89.6 cm³/mol. The zero-order valence-electron chi connectivity index (χ0n) is 11.7. The van der Waals surface area contributed by atoms with Gasteiger partial charge in [0, 0.05) is 16.1 Å². The number of aromatic nitrogens is 1. The summed E-state index contributed by atoms with van der Waals surface area (Å²) >= 11 is 3.37. The average molecular weight is 381 g/mol. The van der Waals surface area contributed by atoms with Crippen molar-refractivity contribution in [2.75, 3.05) is 12.8 Å². The van der Waals surface area contributed by atoms with Gasteiger partial charge in [-0.3, -0.25) is 0 Å². The van der Waals surface area contributed by atoms with Crippen LogP contribution in [0.3, 0.4) is 0 Å². The number of rotatable bonds is 3. The minimum atomic E-state index is -3.72. The van der Waals surface area contributed by atoms with E-state index in [1.165, 1.54) is 29.4 Å². The van der Waals surface area contributed by atoms with Crippen LogP contribution in [-0.4, -0.2) is 19.5 Å². The number of fused-ring (bicyclic) bond motifs is 1. The Morgan fingerprint density at radius 2 is 1.91 bits per heavy atom. The molecule has 0 saturated heterocycles. The summed E-state index contributed by atoms with van der Waals surface area (Å²) in [6.45, 7) is 0. The quantitative estimate of drug-likeness (QED) is 0.707. The summed E-state index contributed by atoms with van der Waals surface area (Å²) in [5, 5.41) is 0.833. The molecule has 5 nitrogen and oxygen atoms in total. The van der Waals surface area contributed by atoms with Gasteiger partial charge in [0.15, 0.2) is 0 Å². The molecule has 0 amide bonds. The Balaban J connectivity index is 2.18. The van der Waals surface area contributed by atoms with Crippen LogP contribution >= 0.6 is 15.9 Å². The monoisotopic (exact) mass is 380 g/mol. The SMILES string of the molecule is COc1ccc(S(=O)(=O)n2ccc3cc(Br)ccc32)cc1N. The molecule has 1 heterocycles. The summed E-state index contributed by atoms with van der Waals surface area (Å²) < 4.78 is 32.8. The first-order valence-corrected chi connectivity index (χ1v) is 8.62. The van der Waals surface area contributed by atoms with Crippen molar-refractivity contribution in [3.05, 3.63) is 53.1 Å². The van der Waals surface area contributed by atoms with Crippen molar-refractivity contribution in [1.82, 2.24) is 3.97 Å². The molecule has 0 unspecified atom stereocenters. The summed E-state index contributed by atoms with van der Waals surface area (Å²) in [6, 6.07) is 11.6. The third kappa shape index (κ3) is 2.36. The van der Waals surface area contributed by atoms with Crippen LogP contribution in [0.1, 0.15) is 0 Å². The Hall–Kier alpha value is -1.99. The zero-order chi connectivity index (χ0) is 15.9. The minimum Gasteiger partial charge on any atom is -0.495 e. The molecule has 0 radical (unpaired) electrons. The number of nitrogens with zero attached hydrogens (tertiary/aromatic N) is 1. The molecule has 7 heteroatoms. The van der Waals surface area contributed by atoms with Gasteiger partial charge < -0.3 is 10.5 Å². The molecule has 0 aliphatic rings. The molecular weight excluding hydrogens is 368 g/mol. The first-order chi connectivity index (χ1) is 10.4. The van der Waals surface area contributed by atoms with E-state index in [0.29, 0.717) is 11.3 Å². The van der Waals surface area contributed by atoms with E-state index in [1.807, 2.05) is 6.07 Å². The fourth-order valence-electron chi connectivity index (χ4n) is 2.28. The average Bonchev–Trinajstić information content (AvgIpc) is 2.90. The van der Waals surface area contributed by atoms with Gasteiger partial charge in [0.05, 0.1) is 23.2 Å². The van der Waals surface area contributed by atoms with Crippen LogP contribution in [0.15, 0.2) is 58.0 Å². The number of nitrogens with two attached hydrogens (primary N) is 1. The molecule has 0 aliphatic carbocycles. The highest BCUT2D eigenvalue weighted by atomic mass is 79.9. The number of methoxy groups -OCH3 is 1. The molecule has 0 fully saturated rings. The van der Waals surface area contributed by atoms with Crippen molar-refractivity contribution in [3.63, 3.8) is 0 Å². The lowest BCUT2D eigenvalue weighted by Gasteiger charge is -2.10. The summed E-state index contributed by atoms with van der Waals surface area (Å²) in [7, 11) is -2.23. The maximum Gasteiger partial charge on any atom is 0.268 e. The maximum absolute atomic E-state index is 12.8. The second-order valence-corrected chi connectivity index (χ2v) is 7.45. The first-order valence-electron chi connectivity index (χ1n) is 6.39. The van der Waals surface area contributed by atoms with Gasteiger partial charge >= 0.3 is 0 Å². The third-order valence-electron chi connectivity index (χ3n) is 3.37. The molecule has 0 bridgehead atoms. The summed E-state index contributed by atoms with van der Waals surface area (Å²) in [5.74, 6) is 0.445. The van der Waals surface area contributed by atoms with Crippen LogP contribution in [0.5, 0.6) is 5.75 Å². The minimum absolute atomic E-state index is 0.117. The van der Waals surface area contributed by atoms with Crippen LogP contribution in [0, 0.1) is 0 Å². The van der Waals surface area contributed by atoms with Gasteiger partial charge in [-0.05, 0) is 42.5 Å². The van der Waals surface area contributed by atoms with Crippen molar-refractivity contribution in [1.29, 1.82) is 0 Å². The van der Waals surface area contributed by atoms with E-state index < -0.39 is 10.0 Å². The Bertz CT molecular complexity index is 964. The van der Waals surface area contributed by atoms with Crippen molar-refractivity contribution < 1.29 is 13.2 Å². The molecule has 1 aromatic heterocycles. The van der Waals surface area contributed by atoms with E-state index in [9.17, 15) is 8.42 Å². The molecule has 114 valence electrons. The van der Waals surface area contributed by atoms with Gasteiger partial charge in [-0.25, -0.2) is 12.4 Å². The van der Waals surface area contributed by atoms with E-state index in [2.05, 4.69) is 15.9 Å². The predicted octanol–water partition coefficient (Wildman–Crippen LogP) is 3.23. The van der Waals surface area contributed by atoms with Crippen molar-refractivity contribution in [3.8, 4) is 5.75 Å². The van der Waals surface area contributed by atoms with Gasteiger partial charge in [0.2, 0.25) is 0 Å². The highest BCUT2D eigenvalue weighted by molar-refractivity contribution is 9.10. The number of benzene rings is 2. The Morgan fingerprint density at radius 3 is 2.59 bits per heavy atom. The largest absolute Gasteiger partial charge is 0.495 e. The maximum atomic E-state index is 12.8. The molecule has 2 aromatic carbocycles. The van der Waals surface area contributed by atoms with Crippen molar-refractivity contribution in [2.45, 2.75) is 4.90 Å². The summed E-state index contributed by atoms with van der Waals surface area (Å²) in [6.07, 6.45) is 1.53. The van der Waals surface area contributed by atoms with Crippen LogP contribution in [0.4, 0.5) is 5.69 Å². The summed E-state index contributed by atoms with van der Waals surface area (Å²) in [4.78, 5) is 0.117. The highest BCUT2D eigenvalue weighted by Gasteiger charge is 2.20. The number of hydrogen-bond donors (Lipinski definition) is 1. The fraction of sp³-hybridized carbons (Fsp3) is 0.0667. The third-order valence-corrected chi connectivity index (χ3v) is 5.55. The second kappa shape index (κ2) is 5.33. The fourth-order valence-corrected chi connectivity index (χ4v) is 4.05. The molecular formula is C15H13BrN2O3S. The zero-order valence-corrected chi connectivity index (χ0v) is 14.1. The number of anilines is 1. The molecule has 0 aliphatic heterocycles. The van der Waals surface area contributed by atoms with Gasteiger partial charge in [-0.15, -0.1) is 0 Å². The normalized spacial score (nSPS) is 11.7. The Labute approximate surface area is 136 Å². The van der Waals surface area contributed by atoms with E-state index in [1.54, 1.807) is 24.3 Å². The van der Waals surface area contributed by atoms with E-state index in [-0.39, 0.29) is 10.6 Å². The topological polar surface area (TPSA) is 74.3 Å². The van der Waals surface area contributed by atoms with Gasteiger partial charge in [0.25, 0.3) is 10.0 Å². The molecule has 22 heavy (non-hydrogen) atoms. The molecule has 3 rings (SSSR count). The smallest absolute Gasteiger partial charge is 0.268 e.